The molecule has 0 unspecified atom stereocenters. The smallest absolute Gasteiger partial charge is 0.00288 e. The molecule has 0 aromatic rings. The van der Waals surface area contributed by atoms with Crippen LogP contribution in [0.25, 0.3) is 0 Å². The van der Waals surface area contributed by atoms with Gasteiger partial charge in [-0.15, -0.1) is 0 Å². The summed E-state index contributed by atoms with van der Waals surface area (Å²) in [5, 5.41) is 0. The van der Waals surface area contributed by atoms with Gasteiger partial charge in [0.05, 0.1) is 0 Å². The van der Waals surface area contributed by atoms with E-state index in [1.54, 1.807) is 0 Å². The molecule has 0 aromatic heterocycles. The zero-order valence-corrected chi connectivity index (χ0v) is 7.14. The first-order chi connectivity index (χ1) is 5.75. The van der Waals surface area contributed by atoms with Crippen molar-refractivity contribution < 1.29 is 0 Å². The van der Waals surface area contributed by atoms with Crippen LogP contribution in [0.15, 0.2) is 59.8 Å². The summed E-state index contributed by atoms with van der Waals surface area (Å²) in [6, 6.07) is 0. The summed E-state index contributed by atoms with van der Waals surface area (Å²) >= 11 is 0. The van der Waals surface area contributed by atoms with Crippen molar-refractivity contribution in [2.45, 2.75) is 12.8 Å². The van der Waals surface area contributed by atoms with Crippen LogP contribution < -0.4 is 0 Å². The van der Waals surface area contributed by atoms with E-state index in [0.29, 0.717) is 0 Å². The lowest BCUT2D eigenvalue weighted by Gasteiger charge is -1.99. The van der Waals surface area contributed by atoms with Gasteiger partial charge >= 0.3 is 0 Å². The molecule has 12 heavy (non-hydrogen) atoms. The molecule has 0 aliphatic heterocycles. The van der Waals surface area contributed by atoms with E-state index in [1.807, 2.05) is 0 Å². The molecule has 0 bridgehead atoms. The van der Waals surface area contributed by atoms with E-state index >= 15 is 0 Å². The maximum Gasteiger partial charge on any atom is -0.00288 e. The minimum absolute atomic E-state index is 1.02. The molecule has 2 rings (SSSR count). The van der Waals surface area contributed by atoms with Gasteiger partial charge in [-0.2, -0.15) is 0 Å². The van der Waals surface area contributed by atoms with E-state index in [4.69, 9.17) is 0 Å². The molecule has 0 spiro atoms. The zero-order chi connectivity index (χ0) is 8.55. The van der Waals surface area contributed by atoms with Gasteiger partial charge in [-0.1, -0.05) is 48.6 Å². The molecule has 0 saturated heterocycles. The average Bonchev–Trinajstić information content (AvgIpc) is 2.58. The molecule has 2 aliphatic rings. The summed E-state index contributed by atoms with van der Waals surface area (Å²) in [4.78, 5) is 0. The monoisotopic (exact) mass is 156 g/mol. The van der Waals surface area contributed by atoms with Crippen molar-refractivity contribution in [1.82, 2.24) is 0 Å². The Kier molecular flexibility index (Phi) is 1.61. The number of hydrogen-bond acceptors (Lipinski definition) is 0. The normalized spacial score (nSPS) is 27.7. The molecule has 0 heterocycles. The van der Waals surface area contributed by atoms with Gasteiger partial charge in [0.2, 0.25) is 0 Å². The lowest BCUT2D eigenvalue weighted by molar-refractivity contribution is 1.17. The number of allylic oxidation sites excluding steroid dienone is 8. The largest absolute Gasteiger partial charge is 0.0955 e. The fraction of sp³-hybridized carbons (Fsp3) is 0.167. The van der Waals surface area contributed by atoms with Crippen LogP contribution in [-0.2, 0) is 0 Å². The third-order valence-corrected chi connectivity index (χ3v) is 2.29. The summed E-state index contributed by atoms with van der Waals surface area (Å²) in [6.45, 7) is 7.85. The first-order valence-electron chi connectivity index (χ1n) is 4.19. The lowest BCUT2D eigenvalue weighted by Crippen LogP contribution is -1.80. The average molecular weight is 156 g/mol. The van der Waals surface area contributed by atoms with Crippen molar-refractivity contribution in [2.24, 2.45) is 0 Å². The quantitative estimate of drug-likeness (QED) is 0.504. The van der Waals surface area contributed by atoms with Gasteiger partial charge in [-0.25, -0.2) is 0 Å². The zero-order valence-electron chi connectivity index (χ0n) is 7.14. The minimum atomic E-state index is 1.02. The third-order valence-electron chi connectivity index (χ3n) is 2.29. The molecule has 60 valence electrons. The second-order valence-corrected chi connectivity index (χ2v) is 3.39. The summed E-state index contributed by atoms with van der Waals surface area (Å²) in [7, 11) is 0. The lowest BCUT2D eigenvalue weighted by atomic mass is 10.1. The van der Waals surface area contributed by atoms with Crippen LogP contribution in [0.3, 0.4) is 0 Å². The van der Waals surface area contributed by atoms with Gasteiger partial charge in [0, 0.05) is 0 Å². The van der Waals surface area contributed by atoms with Crippen LogP contribution in [0.4, 0.5) is 0 Å². The summed E-state index contributed by atoms with van der Waals surface area (Å²) in [6.07, 6.45) is 10.6. The molecule has 0 heteroatoms. The predicted molar refractivity (Wildman–Crippen MR) is 52.8 cm³/mol. The Bertz CT molecular complexity index is 301. The van der Waals surface area contributed by atoms with Gasteiger partial charge in [0.25, 0.3) is 0 Å². The summed E-state index contributed by atoms with van der Waals surface area (Å²) in [5.41, 5.74) is 5.25. The molecule has 0 fully saturated rings. The maximum absolute atomic E-state index is 3.93. The van der Waals surface area contributed by atoms with Crippen molar-refractivity contribution in [3.63, 3.8) is 0 Å². The Hall–Kier alpha value is -1.30. The van der Waals surface area contributed by atoms with E-state index in [-0.39, 0.29) is 0 Å². The Balaban J connectivity index is 2.29. The van der Waals surface area contributed by atoms with Gasteiger partial charge in [0.1, 0.15) is 0 Å². The molecule has 0 amide bonds. The van der Waals surface area contributed by atoms with Crippen molar-refractivity contribution in [1.29, 1.82) is 0 Å². The Labute approximate surface area is 73.3 Å². The molecule has 0 radical (unpaired) electrons. The van der Waals surface area contributed by atoms with Crippen molar-refractivity contribution in [3.8, 4) is 0 Å². The molecular weight excluding hydrogens is 144 g/mol. The number of rotatable bonds is 0. The molecular formula is C12H12. The van der Waals surface area contributed by atoms with Crippen LogP contribution in [0.1, 0.15) is 12.8 Å². The highest BCUT2D eigenvalue weighted by molar-refractivity contribution is 5.50. The van der Waals surface area contributed by atoms with E-state index in [1.165, 1.54) is 22.3 Å². The van der Waals surface area contributed by atoms with Crippen molar-refractivity contribution >= 4 is 0 Å². The topological polar surface area (TPSA) is 0 Å². The first-order valence-corrected chi connectivity index (χ1v) is 4.19. The summed E-state index contributed by atoms with van der Waals surface area (Å²) in [5.74, 6) is 0. The Morgan fingerprint density at radius 1 is 0.750 bits per heavy atom. The molecule has 0 N–H and O–H groups in total. The predicted octanol–water partition coefficient (Wildman–Crippen LogP) is 3.32. The van der Waals surface area contributed by atoms with Crippen LogP contribution in [-0.4, -0.2) is 0 Å². The fourth-order valence-electron chi connectivity index (χ4n) is 1.60. The Morgan fingerprint density at radius 3 is 1.42 bits per heavy atom. The van der Waals surface area contributed by atoms with E-state index in [9.17, 15) is 0 Å². The molecule has 0 saturated carbocycles. The first kappa shape index (κ1) is 7.35. The molecule has 0 nitrogen and oxygen atoms in total. The molecule has 0 aromatic carbocycles. The Morgan fingerprint density at radius 2 is 1.17 bits per heavy atom. The minimum Gasteiger partial charge on any atom is -0.0955 e. The van der Waals surface area contributed by atoms with Crippen molar-refractivity contribution in [3.05, 3.63) is 59.8 Å². The second-order valence-electron chi connectivity index (χ2n) is 3.39. The van der Waals surface area contributed by atoms with Crippen molar-refractivity contribution in [2.75, 3.05) is 0 Å². The van der Waals surface area contributed by atoms with E-state index in [2.05, 4.69) is 37.5 Å². The van der Waals surface area contributed by atoms with Gasteiger partial charge in [-0.3, -0.25) is 0 Å². The van der Waals surface area contributed by atoms with Crippen LogP contribution in [0.5, 0.6) is 0 Å². The number of hydrogen-bond donors (Lipinski definition) is 0. The fourth-order valence-corrected chi connectivity index (χ4v) is 1.60. The second kappa shape index (κ2) is 2.63. The third kappa shape index (κ3) is 1.20. The van der Waals surface area contributed by atoms with E-state index in [0.717, 1.165) is 12.8 Å². The molecule has 2 aliphatic carbocycles. The standard InChI is InChI=1S/C12H12/c1-9-3-5-11(7-9)12-6-4-10(2)8-12/h3-6H,1-2,7-8H2/b12-11+. The highest BCUT2D eigenvalue weighted by Crippen LogP contribution is 2.30. The van der Waals surface area contributed by atoms with Gasteiger partial charge < -0.3 is 0 Å². The maximum atomic E-state index is 3.93. The van der Waals surface area contributed by atoms with Crippen LogP contribution in [0.2, 0.25) is 0 Å². The highest BCUT2D eigenvalue weighted by atomic mass is 14.2. The SMILES string of the molecule is C=C1C=C/C(=C2/C=CC(=C)C2)C1. The molecule has 0 atom stereocenters. The van der Waals surface area contributed by atoms with Crippen LogP contribution in [0, 0.1) is 0 Å². The highest BCUT2D eigenvalue weighted by Gasteiger charge is 2.11. The summed E-state index contributed by atoms with van der Waals surface area (Å²) < 4.78 is 0. The van der Waals surface area contributed by atoms with Gasteiger partial charge in [-0.05, 0) is 24.0 Å². The van der Waals surface area contributed by atoms with E-state index < -0.39 is 0 Å². The van der Waals surface area contributed by atoms with Crippen LogP contribution >= 0.6 is 0 Å². The van der Waals surface area contributed by atoms with Gasteiger partial charge in [0.15, 0.2) is 0 Å².